The first-order chi connectivity index (χ1) is 8.69. The molecule has 5 heteroatoms. The third-order valence-corrected chi connectivity index (χ3v) is 2.47. The Morgan fingerprint density at radius 1 is 1.28 bits per heavy atom. The summed E-state index contributed by atoms with van der Waals surface area (Å²) in [5.74, 6) is -0.133. The largest absolute Gasteiger partial charge is 0.381 e. The van der Waals surface area contributed by atoms with Crippen LogP contribution in [0.3, 0.4) is 0 Å². The monoisotopic (exact) mass is 251 g/mol. The van der Waals surface area contributed by atoms with Gasteiger partial charge in [-0.3, -0.25) is 9.59 Å². The molecule has 2 N–H and O–H groups in total. The lowest BCUT2D eigenvalue weighted by atomic mass is 10.3. The van der Waals surface area contributed by atoms with E-state index in [4.69, 9.17) is 0 Å². The first kappa shape index (κ1) is 14.3. The van der Waals surface area contributed by atoms with Crippen LogP contribution in [0.25, 0.3) is 0 Å². The van der Waals surface area contributed by atoms with Crippen LogP contribution in [0.2, 0.25) is 0 Å². The summed E-state index contributed by atoms with van der Waals surface area (Å²) >= 11 is 0. The fourth-order valence-electron chi connectivity index (χ4n) is 1.53. The number of anilines is 1. The molecule has 1 rings (SSSR count). The Hall–Kier alpha value is -1.78. The summed E-state index contributed by atoms with van der Waals surface area (Å²) in [4.78, 5) is 23.6. The van der Waals surface area contributed by atoms with Gasteiger partial charge in [-0.15, -0.1) is 0 Å². The van der Waals surface area contributed by atoms with E-state index in [1.165, 1.54) is 4.57 Å². The molecule has 0 bridgehead atoms. The first-order valence-electron chi connectivity index (χ1n) is 6.39. The molecule has 0 aliphatic carbocycles. The highest BCUT2D eigenvalue weighted by molar-refractivity contribution is 5.75. The number of carbonyl (C=O) groups excluding carboxylic acids is 1. The Morgan fingerprint density at radius 2 is 2.00 bits per heavy atom. The summed E-state index contributed by atoms with van der Waals surface area (Å²) in [5.41, 5.74) is 0.389. The second-order valence-electron chi connectivity index (χ2n) is 4.13. The maximum absolute atomic E-state index is 12.0. The van der Waals surface area contributed by atoms with Crippen molar-refractivity contribution in [1.82, 2.24) is 9.88 Å². The van der Waals surface area contributed by atoms with Crippen LogP contribution in [-0.4, -0.2) is 23.6 Å². The highest BCUT2D eigenvalue weighted by Crippen LogP contribution is 1.98. The molecule has 0 aromatic carbocycles. The summed E-state index contributed by atoms with van der Waals surface area (Å²) in [6, 6.07) is 3.50. The second-order valence-corrected chi connectivity index (χ2v) is 4.13. The normalized spacial score (nSPS) is 10.1. The van der Waals surface area contributed by atoms with E-state index in [0.29, 0.717) is 12.2 Å². The van der Waals surface area contributed by atoms with Crippen LogP contribution < -0.4 is 16.2 Å². The Balaban J connectivity index is 2.71. The summed E-state index contributed by atoms with van der Waals surface area (Å²) in [7, 11) is 0. The lowest BCUT2D eigenvalue weighted by Crippen LogP contribution is -2.33. The van der Waals surface area contributed by atoms with E-state index >= 15 is 0 Å². The lowest BCUT2D eigenvalue weighted by molar-refractivity contribution is -0.121. The van der Waals surface area contributed by atoms with E-state index in [9.17, 15) is 9.59 Å². The van der Waals surface area contributed by atoms with Crippen LogP contribution in [0, 0.1) is 0 Å². The smallest absolute Gasteiger partial charge is 0.274 e. The Labute approximate surface area is 107 Å². The molecule has 0 saturated carbocycles. The molecule has 0 aliphatic rings. The lowest BCUT2D eigenvalue weighted by Gasteiger charge is -2.09. The van der Waals surface area contributed by atoms with Gasteiger partial charge in [0, 0.05) is 19.3 Å². The fraction of sp³-hybridized carbons (Fsp3) is 0.538. The molecule has 0 aliphatic heterocycles. The number of rotatable bonds is 7. The van der Waals surface area contributed by atoms with Crippen molar-refractivity contribution in [3.8, 4) is 0 Å². The minimum atomic E-state index is -0.155. The molecule has 1 aromatic heterocycles. The summed E-state index contributed by atoms with van der Waals surface area (Å²) in [6.07, 6.45) is 3.47. The molecule has 0 radical (unpaired) electrons. The molecule has 0 unspecified atom stereocenters. The van der Waals surface area contributed by atoms with E-state index in [0.717, 1.165) is 19.4 Å². The van der Waals surface area contributed by atoms with Gasteiger partial charge in [0.05, 0.1) is 0 Å². The molecule has 1 aromatic rings. The van der Waals surface area contributed by atoms with Gasteiger partial charge in [-0.2, -0.15) is 0 Å². The zero-order chi connectivity index (χ0) is 13.4. The van der Waals surface area contributed by atoms with Crippen molar-refractivity contribution in [3.05, 3.63) is 28.7 Å². The molecule has 1 amide bonds. The molecule has 0 spiro atoms. The number of pyridine rings is 1. The zero-order valence-corrected chi connectivity index (χ0v) is 11.0. The van der Waals surface area contributed by atoms with E-state index < -0.39 is 0 Å². The van der Waals surface area contributed by atoms with Crippen molar-refractivity contribution in [2.45, 2.75) is 33.2 Å². The third kappa shape index (κ3) is 4.24. The van der Waals surface area contributed by atoms with E-state index in [1.54, 1.807) is 18.3 Å². The Bertz CT molecular complexity index is 440. The molecule has 0 fully saturated rings. The predicted molar refractivity (Wildman–Crippen MR) is 72.8 cm³/mol. The van der Waals surface area contributed by atoms with Gasteiger partial charge in [0.1, 0.15) is 12.2 Å². The summed E-state index contributed by atoms with van der Waals surface area (Å²) < 4.78 is 1.42. The molecule has 5 nitrogen and oxygen atoms in total. The van der Waals surface area contributed by atoms with Gasteiger partial charge in [0.15, 0.2) is 0 Å². The average molecular weight is 251 g/mol. The predicted octanol–water partition coefficient (Wildman–Crippen LogP) is 1.20. The first-order valence-corrected chi connectivity index (χ1v) is 6.39. The molecular weight excluding hydrogens is 230 g/mol. The maximum Gasteiger partial charge on any atom is 0.274 e. The van der Waals surface area contributed by atoms with Gasteiger partial charge in [-0.25, -0.2) is 0 Å². The summed E-state index contributed by atoms with van der Waals surface area (Å²) in [5, 5.41) is 5.81. The van der Waals surface area contributed by atoms with E-state index in [-0.39, 0.29) is 18.0 Å². The topological polar surface area (TPSA) is 63.1 Å². The molecule has 0 atom stereocenters. The number of amides is 1. The molecule has 18 heavy (non-hydrogen) atoms. The Kier molecular flexibility index (Phi) is 5.97. The zero-order valence-electron chi connectivity index (χ0n) is 11.0. The number of hydrogen-bond donors (Lipinski definition) is 2. The van der Waals surface area contributed by atoms with Gasteiger partial charge < -0.3 is 15.2 Å². The van der Waals surface area contributed by atoms with Crippen LogP contribution in [0.4, 0.5) is 5.69 Å². The number of nitrogens with one attached hydrogen (secondary N) is 2. The van der Waals surface area contributed by atoms with Crippen LogP contribution >= 0.6 is 0 Å². The van der Waals surface area contributed by atoms with Crippen LogP contribution in [-0.2, 0) is 11.3 Å². The second kappa shape index (κ2) is 7.53. The molecule has 1 heterocycles. The molecular formula is C13H21N3O2. The van der Waals surface area contributed by atoms with Crippen molar-refractivity contribution in [1.29, 1.82) is 0 Å². The van der Waals surface area contributed by atoms with Crippen molar-refractivity contribution in [2.24, 2.45) is 0 Å². The quantitative estimate of drug-likeness (QED) is 0.765. The third-order valence-electron chi connectivity index (χ3n) is 2.47. The van der Waals surface area contributed by atoms with Crippen molar-refractivity contribution in [3.63, 3.8) is 0 Å². The van der Waals surface area contributed by atoms with Crippen LogP contribution in [0.5, 0.6) is 0 Å². The van der Waals surface area contributed by atoms with Gasteiger partial charge in [-0.1, -0.05) is 13.8 Å². The minimum absolute atomic E-state index is 0.0699. The number of carbonyl (C=O) groups is 1. The van der Waals surface area contributed by atoms with Crippen LogP contribution in [0.15, 0.2) is 23.1 Å². The van der Waals surface area contributed by atoms with Crippen molar-refractivity contribution >= 4 is 11.6 Å². The highest BCUT2D eigenvalue weighted by atomic mass is 16.2. The van der Waals surface area contributed by atoms with Gasteiger partial charge >= 0.3 is 0 Å². The standard InChI is InChI=1S/C13H21N3O2/c1-3-7-14-11-6-5-9-16(13(11)18)10-12(17)15-8-4-2/h5-6,9,14H,3-4,7-8,10H2,1-2H3,(H,15,17). The van der Waals surface area contributed by atoms with Crippen molar-refractivity contribution < 1.29 is 4.79 Å². The number of hydrogen-bond acceptors (Lipinski definition) is 3. The van der Waals surface area contributed by atoms with Gasteiger partial charge in [-0.05, 0) is 25.0 Å². The minimum Gasteiger partial charge on any atom is -0.381 e. The maximum atomic E-state index is 12.0. The van der Waals surface area contributed by atoms with Gasteiger partial charge in [0.25, 0.3) is 5.56 Å². The fourth-order valence-corrected chi connectivity index (χ4v) is 1.53. The Morgan fingerprint density at radius 3 is 2.67 bits per heavy atom. The van der Waals surface area contributed by atoms with Gasteiger partial charge in [0.2, 0.25) is 5.91 Å². The number of nitrogens with zero attached hydrogens (tertiary/aromatic N) is 1. The SMILES string of the molecule is CCCNC(=O)Cn1cccc(NCCC)c1=O. The molecule has 0 saturated heterocycles. The van der Waals surface area contributed by atoms with E-state index in [2.05, 4.69) is 10.6 Å². The molecule has 100 valence electrons. The number of aromatic nitrogens is 1. The highest BCUT2D eigenvalue weighted by Gasteiger charge is 2.06. The summed E-state index contributed by atoms with van der Waals surface area (Å²) in [6.45, 7) is 5.48. The average Bonchev–Trinajstić information content (AvgIpc) is 2.37. The van der Waals surface area contributed by atoms with Crippen molar-refractivity contribution in [2.75, 3.05) is 18.4 Å². The van der Waals surface area contributed by atoms with E-state index in [1.807, 2.05) is 13.8 Å². The van der Waals surface area contributed by atoms with Crippen LogP contribution in [0.1, 0.15) is 26.7 Å².